The number of aromatic nitrogens is 1. The van der Waals surface area contributed by atoms with E-state index >= 15 is 0 Å². The first-order valence-electron chi connectivity index (χ1n) is 8.58. The second-order valence-corrected chi connectivity index (χ2v) is 5.82. The van der Waals surface area contributed by atoms with Crippen LogP contribution < -0.4 is 10.6 Å². The standard InChI is InChI=1S/C17H29N5O/c1-3-19-17(20-12-15-6-5-11-22(15)4-2)21-13-16(23)14-7-9-18-10-8-14/h7-10,15-16,23H,3-6,11-13H2,1-2H3,(H2,19,20,21). The Kier molecular flexibility index (Phi) is 7.29. The fourth-order valence-electron chi connectivity index (χ4n) is 2.97. The molecule has 128 valence electrons. The molecule has 23 heavy (non-hydrogen) atoms. The fraction of sp³-hybridized carbons (Fsp3) is 0.647. The third-order valence-corrected chi connectivity index (χ3v) is 4.27. The first kappa shape index (κ1) is 17.7. The lowest BCUT2D eigenvalue weighted by atomic mass is 10.1. The minimum absolute atomic E-state index is 0.335. The molecule has 1 aliphatic rings. The summed E-state index contributed by atoms with van der Waals surface area (Å²) >= 11 is 0. The van der Waals surface area contributed by atoms with E-state index in [0.717, 1.165) is 31.2 Å². The average molecular weight is 319 g/mol. The number of pyridine rings is 1. The van der Waals surface area contributed by atoms with Gasteiger partial charge < -0.3 is 15.7 Å². The molecule has 1 fully saturated rings. The van der Waals surface area contributed by atoms with Gasteiger partial charge >= 0.3 is 0 Å². The minimum atomic E-state index is -0.605. The zero-order valence-corrected chi connectivity index (χ0v) is 14.2. The molecule has 0 spiro atoms. The van der Waals surface area contributed by atoms with Crippen molar-refractivity contribution in [2.45, 2.75) is 38.8 Å². The molecule has 6 heteroatoms. The van der Waals surface area contributed by atoms with E-state index in [1.807, 2.05) is 19.1 Å². The normalized spacial score (nSPS) is 20.5. The molecule has 1 aromatic rings. The Labute approximate surface area is 139 Å². The number of guanidine groups is 1. The summed E-state index contributed by atoms with van der Waals surface area (Å²) in [5.74, 6) is 0.767. The van der Waals surface area contributed by atoms with Crippen LogP contribution in [0.15, 0.2) is 29.5 Å². The van der Waals surface area contributed by atoms with Crippen LogP contribution in [0.25, 0.3) is 0 Å². The second-order valence-electron chi connectivity index (χ2n) is 5.82. The quantitative estimate of drug-likeness (QED) is 0.519. The Morgan fingerprint density at radius 3 is 2.87 bits per heavy atom. The van der Waals surface area contributed by atoms with Gasteiger partial charge in [0.05, 0.1) is 12.6 Å². The number of hydrogen-bond donors (Lipinski definition) is 3. The van der Waals surface area contributed by atoms with Crippen LogP contribution in [0.2, 0.25) is 0 Å². The van der Waals surface area contributed by atoms with Crippen molar-refractivity contribution >= 4 is 5.96 Å². The summed E-state index contributed by atoms with van der Waals surface area (Å²) < 4.78 is 0. The van der Waals surface area contributed by atoms with Gasteiger partial charge in [0, 0.05) is 31.5 Å². The van der Waals surface area contributed by atoms with Crippen molar-refractivity contribution < 1.29 is 5.11 Å². The number of aliphatic hydroxyl groups excluding tert-OH is 1. The van der Waals surface area contributed by atoms with Gasteiger partial charge in [0.2, 0.25) is 0 Å². The summed E-state index contributed by atoms with van der Waals surface area (Å²) in [6.07, 6.45) is 5.28. The smallest absolute Gasteiger partial charge is 0.191 e. The predicted octanol–water partition coefficient (Wildman–Crippen LogP) is 1.15. The van der Waals surface area contributed by atoms with E-state index in [1.54, 1.807) is 12.4 Å². The minimum Gasteiger partial charge on any atom is -0.386 e. The highest BCUT2D eigenvalue weighted by molar-refractivity contribution is 5.79. The van der Waals surface area contributed by atoms with E-state index in [0.29, 0.717) is 12.6 Å². The second kappa shape index (κ2) is 9.47. The van der Waals surface area contributed by atoms with Gasteiger partial charge in [0.1, 0.15) is 0 Å². The topological polar surface area (TPSA) is 72.8 Å². The van der Waals surface area contributed by atoms with Crippen molar-refractivity contribution in [1.82, 2.24) is 20.5 Å². The zero-order valence-electron chi connectivity index (χ0n) is 14.2. The van der Waals surface area contributed by atoms with Crippen molar-refractivity contribution in [3.8, 4) is 0 Å². The summed E-state index contributed by atoms with van der Waals surface area (Å²) in [4.78, 5) is 11.0. The maximum atomic E-state index is 10.2. The molecule has 0 amide bonds. The predicted molar refractivity (Wildman–Crippen MR) is 93.4 cm³/mol. The van der Waals surface area contributed by atoms with Gasteiger partial charge in [-0.25, -0.2) is 0 Å². The number of nitrogens with zero attached hydrogens (tertiary/aromatic N) is 3. The molecule has 2 rings (SSSR count). The molecule has 1 aliphatic heterocycles. The lowest BCUT2D eigenvalue weighted by molar-refractivity contribution is 0.187. The number of aliphatic imine (C=N–C) groups is 1. The first-order valence-corrected chi connectivity index (χ1v) is 8.58. The Balaban J connectivity index is 1.87. The summed E-state index contributed by atoms with van der Waals surface area (Å²) in [5.41, 5.74) is 0.840. The molecule has 6 nitrogen and oxygen atoms in total. The molecule has 0 saturated carbocycles. The molecule has 0 bridgehead atoms. The highest BCUT2D eigenvalue weighted by Crippen LogP contribution is 2.15. The molecule has 0 radical (unpaired) electrons. The monoisotopic (exact) mass is 319 g/mol. The third kappa shape index (κ3) is 5.48. The lowest BCUT2D eigenvalue weighted by Gasteiger charge is -2.24. The molecule has 1 saturated heterocycles. The number of hydrogen-bond acceptors (Lipinski definition) is 4. The van der Waals surface area contributed by atoms with Crippen LogP contribution in [0.5, 0.6) is 0 Å². The molecule has 3 N–H and O–H groups in total. The Morgan fingerprint density at radius 1 is 1.39 bits per heavy atom. The molecular formula is C17H29N5O. The molecule has 0 aromatic carbocycles. The number of aliphatic hydroxyl groups is 1. The molecule has 0 aliphatic carbocycles. The third-order valence-electron chi connectivity index (χ3n) is 4.27. The van der Waals surface area contributed by atoms with Crippen molar-refractivity contribution in [1.29, 1.82) is 0 Å². The number of likely N-dealkylation sites (tertiary alicyclic amines) is 1. The maximum Gasteiger partial charge on any atom is 0.191 e. The highest BCUT2D eigenvalue weighted by Gasteiger charge is 2.22. The van der Waals surface area contributed by atoms with Crippen molar-refractivity contribution in [3.05, 3.63) is 30.1 Å². The van der Waals surface area contributed by atoms with Crippen LogP contribution in [0.4, 0.5) is 0 Å². The summed E-state index contributed by atoms with van der Waals surface area (Å²) in [5, 5.41) is 16.8. The van der Waals surface area contributed by atoms with E-state index in [-0.39, 0.29) is 0 Å². The van der Waals surface area contributed by atoms with Crippen molar-refractivity contribution in [3.63, 3.8) is 0 Å². The van der Waals surface area contributed by atoms with E-state index in [9.17, 15) is 5.11 Å². The summed E-state index contributed by atoms with van der Waals surface area (Å²) in [6, 6.07) is 4.21. The van der Waals surface area contributed by atoms with Crippen LogP contribution in [0, 0.1) is 0 Å². The van der Waals surface area contributed by atoms with Crippen LogP contribution in [-0.4, -0.2) is 59.7 Å². The van der Waals surface area contributed by atoms with E-state index < -0.39 is 6.10 Å². The van der Waals surface area contributed by atoms with Crippen LogP contribution >= 0.6 is 0 Å². The molecule has 2 atom stereocenters. The number of rotatable bonds is 7. The maximum absolute atomic E-state index is 10.2. The van der Waals surface area contributed by atoms with Gasteiger partial charge in [-0.3, -0.25) is 14.9 Å². The first-order chi connectivity index (χ1) is 11.2. The summed E-state index contributed by atoms with van der Waals surface area (Å²) in [6.45, 7) is 8.58. The summed E-state index contributed by atoms with van der Waals surface area (Å²) in [7, 11) is 0. The van der Waals surface area contributed by atoms with Crippen LogP contribution in [-0.2, 0) is 0 Å². The van der Waals surface area contributed by atoms with E-state index in [1.165, 1.54) is 19.4 Å². The molecular weight excluding hydrogens is 290 g/mol. The zero-order chi connectivity index (χ0) is 16.5. The largest absolute Gasteiger partial charge is 0.386 e. The van der Waals surface area contributed by atoms with Crippen molar-refractivity contribution in [2.75, 3.05) is 32.7 Å². The van der Waals surface area contributed by atoms with Crippen molar-refractivity contribution in [2.24, 2.45) is 4.99 Å². The fourth-order valence-corrected chi connectivity index (χ4v) is 2.97. The van der Waals surface area contributed by atoms with Crippen LogP contribution in [0.3, 0.4) is 0 Å². The number of likely N-dealkylation sites (N-methyl/N-ethyl adjacent to an activating group) is 1. The van der Waals surface area contributed by atoms with Gasteiger partial charge in [-0.05, 0) is 50.6 Å². The van der Waals surface area contributed by atoms with Gasteiger partial charge in [-0.15, -0.1) is 0 Å². The van der Waals surface area contributed by atoms with Gasteiger partial charge in [-0.2, -0.15) is 0 Å². The van der Waals surface area contributed by atoms with Gasteiger partial charge in [-0.1, -0.05) is 6.92 Å². The Bertz CT molecular complexity index is 479. The lowest BCUT2D eigenvalue weighted by Crippen LogP contribution is -2.45. The van der Waals surface area contributed by atoms with E-state index in [4.69, 9.17) is 0 Å². The molecule has 2 unspecified atom stereocenters. The van der Waals surface area contributed by atoms with Crippen LogP contribution in [0.1, 0.15) is 38.4 Å². The Morgan fingerprint density at radius 2 is 2.17 bits per heavy atom. The Hall–Kier alpha value is -1.66. The molecule has 1 aromatic heterocycles. The number of nitrogens with one attached hydrogen (secondary N) is 2. The molecule has 2 heterocycles. The van der Waals surface area contributed by atoms with E-state index in [2.05, 4.69) is 32.4 Å². The average Bonchev–Trinajstić information content (AvgIpc) is 3.05. The van der Waals surface area contributed by atoms with Gasteiger partial charge in [0.25, 0.3) is 0 Å². The SMILES string of the molecule is CCNC(=NCC(O)c1ccncc1)NCC1CCCN1CC. The van der Waals surface area contributed by atoms with Gasteiger partial charge in [0.15, 0.2) is 5.96 Å². The highest BCUT2D eigenvalue weighted by atomic mass is 16.3.